The molecule has 18 heavy (non-hydrogen) atoms. The zero-order valence-corrected chi connectivity index (χ0v) is 10.9. The van der Waals surface area contributed by atoms with Crippen molar-refractivity contribution in [1.82, 2.24) is 9.80 Å². The number of morpholine rings is 2. The maximum absolute atomic E-state index is 5.44. The van der Waals surface area contributed by atoms with Crippen molar-refractivity contribution in [2.45, 2.75) is 19.0 Å². The van der Waals surface area contributed by atoms with Gasteiger partial charge in [0.1, 0.15) is 6.17 Å². The summed E-state index contributed by atoms with van der Waals surface area (Å²) in [5.74, 6) is 7.62. The Morgan fingerprint density at radius 2 is 1.33 bits per heavy atom. The molecule has 0 radical (unpaired) electrons. The van der Waals surface area contributed by atoms with Gasteiger partial charge in [0.25, 0.3) is 0 Å². The van der Waals surface area contributed by atoms with Crippen molar-refractivity contribution in [2.24, 2.45) is 5.92 Å². The Balaban J connectivity index is 1.67. The normalized spacial score (nSPS) is 26.9. The zero-order valence-electron chi connectivity index (χ0n) is 10.9. The number of nitrogens with zero attached hydrogens (tertiary/aromatic N) is 2. The van der Waals surface area contributed by atoms with E-state index in [-0.39, 0.29) is 6.17 Å². The van der Waals surface area contributed by atoms with E-state index in [9.17, 15) is 0 Å². The molecule has 3 aliphatic rings. The Labute approximate surface area is 109 Å². The molecule has 0 N–H and O–H groups in total. The molecule has 0 aromatic rings. The molecule has 3 rings (SSSR count). The summed E-state index contributed by atoms with van der Waals surface area (Å²) in [6.07, 6.45) is 2.87. The molecule has 1 saturated carbocycles. The number of hydrogen-bond donors (Lipinski definition) is 0. The number of hydrogen-bond acceptors (Lipinski definition) is 4. The van der Waals surface area contributed by atoms with Gasteiger partial charge in [0.2, 0.25) is 0 Å². The summed E-state index contributed by atoms with van der Waals surface area (Å²) in [6, 6.07) is 0. The average Bonchev–Trinajstić information content (AvgIpc) is 3.26. The predicted octanol–water partition coefficient (Wildman–Crippen LogP) is 0.390. The van der Waals surface area contributed by atoms with E-state index >= 15 is 0 Å². The molecular weight excluding hydrogens is 228 g/mol. The van der Waals surface area contributed by atoms with Gasteiger partial charge < -0.3 is 9.47 Å². The van der Waals surface area contributed by atoms with Crippen LogP contribution in [0.15, 0.2) is 0 Å². The van der Waals surface area contributed by atoms with Crippen molar-refractivity contribution in [3.63, 3.8) is 0 Å². The molecule has 100 valence electrons. The lowest BCUT2D eigenvalue weighted by atomic mass is 10.2. The first kappa shape index (κ1) is 12.4. The fourth-order valence-corrected chi connectivity index (χ4v) is 2.48. The van der Waals surface area contributed by atoms with Crippen molar-refractivity contribution >= 4 is 0 Å². The standard InChI is InChI=1S/C14H22N2O2/c1-2-13(1)3-4-14(15-5-9-17-10-6-15)16-7-11-18-12-8-16/h13-14H,1-2,5-12H2. The van der Waals surface area contributed by atoms with Crippen LogP contribution in [0.2, 0.25) is 0 Å². The number of ether oxygens (including phenoxy) is 2. The van der Waals surface area contributed by atoms with Gasteiger partial charge in [-0.3, -0.25) is 9.80 Å². The third-order valence-electron chi connectivity index (χ3n) is 3.78. The molecule has 0 aromatic carbocycles. The first-order valence-electron chi connectivity index (χ1n) is 7.08. The quantitative estimate of drug-likeness (QED) is 0.662. The van der Waals surface area contributed by atoms with Gasteiger partial charge >= 0.3 is 0 Å². The van der Waals surface area contributed by atoms with Crippen LogP contribution in [-0.2, 0) is 9.47 Å². The topological polar surface area (TPSA) is 24.9 Å². The molecule has 1 aliphatic carbocycles. The molecule has 3 fully saturated rings. The molecule has 0 aromatic heterocycles. The highest BCUT2D eigenvalue weighted by atomic mass is 16.5. The summed E-state index contributed by atoms with van der Waals surface area (Å²) < 4.78 is 10.9. The van der Waals surface area contributed by atoms with Crippen LogP contribution in [0.1, 0.15) is 12.8 Å². The van der Waals surface area contributed by atoms with Crippen LogP contribution >= 0.6 is 0 Å². The zero-order chi connectivity index (χ0) is 12.2. The van der Waals surface area contributed by atoms with Crippen LogP contribution in [0.5, 0.6) is 0 Å². The predicted molar refractivity (Wildman–Crippen MR) is 69.1 cm³/mol. The van der Waals surface area contributed by atoms with Gasteiger partial charge in [-0.2, -0.15) is 0 Å². The van der Waals surface area contributed by atoms with Crippen LogP contribution in [0, 0.1) is 17.8 Å². The van der Waals surface area contributed by atoms with Gasteiger partial charge in [-0.15, -0.1) is 0 Å². The third-order valence-corrected chi connectivity index (χ3v) is 3.78. The maximum Gasteiger partial charge on any atom is 0.126 e. The molecule has 0 spiro atoms. The van der Waals surface area contributed by atoms with E-state index in [4.69, 9.17) is 9.47 Å². The van der Waals surface area contributed by atoms with E-state index < -0.39 is 0 Å². The summed E-state index contributed by atoms with van der Waals surface area (Å²) >= 11 is 0. The summed E-state index contributed by atoms with van der Waals surface area (Å²) in [5.41, 5.74) is 0. The molecule has 2 saturated heterocycles. The lowest BCUT2D eigenvalue weighted by Crippen LogP contribution is -2.54. The van der Waals surface area contributed by atoms with Crippen LogP contribution in [-0.4, -0.2) is 68.6 Å². The Morgan fingerprint density at radius 3 is 1.78 bits per heavy atom. The van der Waals surface area contributed by atoms with Crippen molar-refractivity contribution in [1.29, 1.82) is 0 Å². The molecule has 4 nitrogen and oxygen atoms in total. The Morgan fingerprint density at radius 1 is 0.833 bits per heavy atom. The smallest absolute Gasteiger partial charge is 0.126 e. The van der Waals surface area contributed by atoms with E-state index in [2.05, 4.69) is 21.6 Å². The molecule has 0 atom stereocenters. The van der Waals surface area contributed by atoms with Crippen LogP contribution in [0.25, 0.3) is 0 Å². The Bertz CT molecular complexity index is 302. The second-order valence-electron chi connectivity index (χ2n) is 5.23. The lowest BCUT2D eigenvalue weighted by Gasteiger charge is -2.40. The van der Waals surface area contributed by atoms with Crippen molar-refractivity contribution in [3.05, 3.63) is 0 Å². The average molecular weight is 250 g/mol. The van der Waals surface area contributed by atoms with Gasteiger partial charge in [0.15, 0.2) is 0 Å². The fourth-order valence-electron chi connectivity index (χ4n) is 2.48. The van der Waals surface area contributed by atoms with Crippen molar-refractivity contribution < 1.29 is 9.47 Å². The first-order chi connectivity index (χ1) is 8.93. The van der Waals surface area contributed by atoms with Crippen LogP contribution in [0.3, 0.4) is 0 Å². The van der Waals surface area contributed by atoms with Crippen molar-refractivity contribution in [2.75, 3.05) is 52.6 Å². The van der Waals surface area contributed by atoms with E-state index in [0.717, 1.165) is 52.6 Å². The second kappa shape index (κ2) is 6.03. The molecule has 2 heterocycles. The maximum atomic E-state index is 5.44. The molecule has 0 bridgehead atoms. The molecule has 4 heteroatoms. The summed E-state index contributed by atoms with van der Waals surface area (Å²) in [6.45, 7) is 7.36. The van der Waals surface area contributed by atoms with E-state index in [1.54, 1.807) is 0 Å². The van der Waals surface area contributed by atoms with E-state index in [1.165, 1.54) is 12.8 Å². The minimum Gasteiger partial charge on any atom is -0.379 e. The summed E-state index contributed by atoms with van der Waals surface area (Å²) in [4.78, 5) is 4.92. The monoisotopic (exact) mass is 250 g/mol. The summed E-state index contributed by atoms with van der Waals surface area (Å²) in [5, 5.41) is 0. The van der Waals surface area contributed by atoms with Crippen LogP contribution in [0.4, 0.5) is 0 Å². The third kappa shape index (κ3) is 3.24. The molecule has 2 aliphatic heterocycles. The molecular formula is C14H22N2O2. The van der Waals surface area contributed by atoms with Crippen LogP contribution < -0.4 is 0 Å². The van der Waals surface area contributed by atoms with Crippen molar-refractivity contribution in [3.8, 4) is 11.8 Å². The van der Waals surface area contributed by atoms with Gasteiger partial charge in [-0.05, 0) is 12.8 Å². The molecule has 0 amide bonds. The summed E-state index contributed by atoms with van der Waals surface area (Å²) in [7, 11) is 0. The largest absolute Gasteiger partial charge is 0.379 e. The fraction of sp³-hybridized carbons (Fsp3) is 0.857. The Hall–Kier alpha value is -0.600. The lowest BCUT2D eigenvalue weighted by molar-refractivity contribution is -0.0459. The minimum absolute atomic E-state index is 0.276. The highest BCUT2D eigenvalue weighted by Crippen LogP contribution is 2.27. The molecule has 0 unspecified atom stereocenters. The van der Waals surface area contributed by atoms with Gasteiger partial charge in [0, 0.05) is 32.1 Å². The second-order valence-corrected chi connectivity index (χ2v) is 5.23. The first-order valence-corrected chi connectivity index (χ1v) is 7.08. The van der Waals surface area contributed by atoms with Gasteiger partial charge in [0.05, 0.1) is 26.4 Å². The highest BCUT2D eigenvalue weighted by molar-refractivity contribution is 5.14. The van der Waals surface area contributed by atoms with E-state index in [0.29, 0.717) is 5.92 Å². The van der Waals surface area contributed by atoms with Gasteiger partial charge in [-0.25, -0.2) is 0 Å². The highest BCUT2D eigenvalue weighted by Gasteiger charge is 2.27. The number of rotatable bonds is 2. The SMILES string of the molecule is C(#CC(N1CCOCC1)N1CCOCC1)C1CC1. The van der Waals surface area contributed by atoms with Gasteiger partial charge in [-0.1, -0.05) is 11.8 Å². The van der Waals surface area contributed by atoms with E-state index in [1.807, 2.05) is 0 Å². The Kier molecular flexibility index (Phi) is 4.16. The minimum atomic E-state index is 0.276.